The van der Waals surface area contributed by atoms with Crippen LogP contribution in [-0.2, 0) is 43.3 Å². The summed E-state index contributed by atoms with van der Waals surface area (Å²) in [5.74, 6) is 1.48. The van der Waals surface area contributed by atoms with E-state index >= 15 is 0 Å². The molecule has 74 heavy (non-hydrogen) atoms. The Hall–Kier alpha value is -4.36. The van der Waals surface area contributed by atoms with Crippen LogP contribution >= 0.6 is 11.6 Å². The molecule has 0 radical (unpaired) electrons. The van der Waals surface area contributed by atoms with Crippen LogP contribution < -0.4 is 9.47 Å². The molecular weight excluding hydrogens is 950 g/mol. The van der Waals surface area contributed by atoms with Crippen LogP contribution in [0.4, 0.5) is 17.6 Å². The molecule has 1 aliphatic rings. The molecular formula is C66H94ClF4NO2. The highest BCUT2D eigenvalue weighted by molar-refractivity contribution is 6.31. The minimum absolute atomic E-state index is 0.0230. The van der Waals surface area contributed by atoms with Crippen molar-refractivity contribution in [2.75, 3.05) is 14.2 Å². The van der Waals surface area contributed by atoms with Gasteiger partial charge in [-0.1, -0.05) is 184 Å². The largest absolute Gasteiger partial charge is 0.496 e. The van der Waals surface area contributed by atoms with Gasteiger partial charge in [0.1, 0.15) is 29.0 Å². The summed E-state index contributed by atoms with van der Waals surface area (Å²) in [5.41, 5.74) is 8.85. The fourth-order valence-electron chi connectivity index (χ4n) is 8.88. The third kappa shape index (κ3) is 16.8. The van der Waals surface area contributed by atoms with E-state index in [4.69, 9.17) is 21.1 Å². The Bertz CT molecular complexity index is 2670. The van der Waals surface area contributed by atoms with Crippen molar-refractivity contribution in [1.82, 2.24) is 4.98 Å². The van der Waals surface area contributed by atoms with E-state index in [0.717, 1.165) is 39.1 Å². The zero-order valence-electron chi connectivity index (χ0n) is 50.5. The van der Waals surface area contributed by atoms with E-state index in [1.165, 1.54) is 24.0 Å². The Balaban J connectivity index is 0.000000263. The SMILES string of the molecule is CC(C)(C)c1cc(C2CC2)c(C(C)(C)C)cc1F.CC(C)(C)c1cc(Cl)c(C(C)(C)C)cc1F.COc1cc(C(C)(C)C)c(F)cc1C(C)(C)C.COc1ncccc1-c1cc(C(C)(C)C)c(F)cc1C(C)(C)C. The molecule has 1 aliphatic carbocycles. The maximum Gasteiger partial charge on any atom is 0.221 e. The van der Waals surface area contributed by atoms with Crippen molar-refractivity contribution in [3.05, 3.63) is 145 Å². The zero-order valence-corrected chi connectivity index (χ0v) is 51.3. The first kappa shape index (κ1) is 63.9. The minimum atomic E-state index is -0.273. The van der Waals surface area contributed by atoms with Crippen molar-refractivity contribution in [3.63, 3.8) is 0 Å². The van der Waals surface area contributed by atoms with E-state index in [-0.39, 0.29) is 66.6 Å². The molecule has 4 aromatic carbocycles. The van der Waals surface area contributed by atoms with Crippen LogP contribution in [0.3, 0.4) is 0 Å². The third-order valence-corrected chi connectivity index (χ3v) is 13.6. The van der Waals surface area contributed by atoms with Gasteiger partial charge in [0.05, 0.1) is 14.2 Å². The molecule has 0 aliphatic heterocycles. The number of aromatic nitrogens is 1. The number of pyridine rings is 1. The van der Waals surface area contributed by atoms with Crippen LogP contribution in [0.25, 0.3) is 11.1 Å². The lowest BCUT2D eigenvalue weighted by molar-refractivity contribution is 0.391. The molecule has 0 bridgehead atoms. The first-order valence-corrected chi connectivity index (χ1v) is 26.7. The fourth-order valence-corrected chi connectivity index (χ4v) is 9.32. The zero-order chi connectivity index (χ0) is 57.3. The molecule has 3 nitrogen and oxygen atoms in total. The number of hydrogen-bond donors (Lipinski definition) is 0. The first-order valence-electron chi connectivity index (χ1n) is 26.3. The summed E-state index contributed by atoms with van der Waals surface area (Å²) in [6.45, 7) is 49.3. The molecule has 6 rings (SSSR count). The lowest BCUT2D eigenvalue weighted by atomic mass is 9.77. The Kier molecular flexibility index (Phi) is 19.9. The predicted octanol–water partition coefficient (Wildman–Crippen LogP) is 20.3. The standard InChI is InChI=1S/C20H26FNO.C17H25F.C15H23FO.C14H20ClF/c1-19(2,3)15-12-17(21)16(20(4,5)6)11-14(15)13-9-8-10-22-18(13)23-7;1-16(2,3)13-10-15(18)14(17(4,5)6)9-12(13)11-7-8-11;1-14(2,3)10-9-13(17-7)11(8-12(10)16)15(4,5)6;1-13(2,3)9-8-12(16)10(7-11(9)15)14(4,5)6/h8-12H,1-7H3;9-11H,7-8H2,1-6H3;8-9H,1-7H3;7-8H,1-6H3. The van der Waals surface area contributed by atoms with E-state index in [1.807, 2.05) is 107 Å². The van der Waals surface area contributed by atoms with Gasteiger partial charge in [0.25, 0.3) is 0 Å². The number of nitrogens with zero attached hydrogens (tertiary/aromatic N) is 1. The molecule has 1 saturated carbocycles. The molecule has 0 spiro atoms. The van der Waals surface area contributed by atoms with Crippen molar-refractivity contribution in [2.45, 2.75) is 228 Å². The van der Waals surface area contributed by atoms with Crippen LogP contribution in [0.5, 0.6) is 11.6 Å². The van der Waals surface area contributed by atoms with Gasteiger partial charge in [0.15, 0.2) is 0 Å². The number of methoxy groups -OCH3 is 2. The summed E-state index contributed by atoms with van der Waals surface area (Å²) in [7, 11) is 3.24. The van der Waals surface area contributed by atoms with Gasteiger partial charge in [-0.3, -0.25) is 0 Å². The molecule has 0 atom stereocenters. The summed E-state index contributed by atoms with van der Waals surface area (Å²) in [4.78, 5) is 4.30. The van der Waals surface area contributed by atoms with Crippen LogP contribution in [-0.4, -0.2) is 19.2 Å². The summed E-state index contributed by atoms with van der Waals surface area (Å²) in [5, 5.41) is 0.652. The molecule has 0 amide bonds. The van der Waals surface area contributed by atoms with Crippen LogP contribution in [0, 0.1) is 23.3 Å². The van der Waals surface area contributed by atoms with Gasteiger partial charge in [0, 0.05) is 22.3 Å². The summed E-state index contributed by atoms with van der Waals surface area (Å²) < 4.78 is 68.0. The lowest BCUT2D eigenvalue weighted by Gasteiger charge is -2.28. The van der Waals surface area contributed by atoms with E-state index in [2.05, 4.69) is 94.1 Å². The van der Waals surface area contributed by atoms with E-state index in [1.54, 1.807) is 50.7 Å². The lowest BCUT2D eigenvalue weighted by Crippen LogP contribution is -2.19. The average Bonchev–Trinajstić information content (AvgIpc) is 4.08. The second kappa shape index (κ2) is 23.1. The highest BCUT2D eigenvalue weighted by Crippen LogP contribution is 2.47. The molecule has 0 unspecified atom stereocenters. The smallest absolute Gasteiger partial charge is 0.221 e. The van der Waals surface area contributed by atoms with E-state index < -0.39 is 0 Å². The van der Waals surface area contributed by atoms with Crippen molar-refractivity contribution in [3.8, 4) is 22.8 Å². The van der Waals surface area contributed by atoms with Crippen molar-refractivity contribution in [2.24, 2.45) is 0 Å². The van der Waals surface area contributed by atoms with Crippen molar-refractivity contribution in [1.29, 1.82) is 0 Å². The van der Waals surface area contributed by atoms with Crippen LogP contribution in [0.2, 0.25) is 5.02 Å². The van der Waals surface area contributed by atoms with Crippen LogP contribution in [0.15, 0.2) is 66.9 Å². The Morgan fingerprint density at radius 2 is 0.757 bits per heavy atom. The molecule has 0 N–H and O–H groups in total. The molecule has 1 fully saturated rings. The maximum absolute atomic E-state index is 14.7. The second-order valence-electron chi connectivity index (χ2n) is 28.5. The van der Waals surface area contributed by atoms with E-state index in [9.17, 15) is 17.6 Å². The van der Waals surface area contributed by atoms with Gasteiger partial charge in [-0.15, -0.1) is 0 Å². The predicted molar refractivity (Wildman–Crippen MR) is 309 cm³/mol. The van der Waals surface area contributed by atoms with Gasteiger partial charge in [-0.25, -0.2) is 22.5 Å². The number of halogens is 5. The van der Waals surface area contributed by atoms with Crippen molar-refractivity contribution >= 4 is 11.6 Å². The average molecular weight is 1040 g/mol. The summed E-state index contributed by atoms with van der Waals surface area (Å²) in [6, 6.07) is 18.2. The molecule has 1 heterocycles. The number of ether oxygens (including phenoxy) is 2. The highest BCUT2D eigenvalue weighted by Gasteiger charge is 2.33. The number of hydrogen-bond acceptors (Lipinski definition) is 3. The van der Waals surface area contributed by atoms with Gasteiger partial charge < -0.3 is 9.47 Å². The quantitative estimate of drug-likeness (QED) is 0.168. The molecule has 0 saturated heterocycles. The fraction of sp³-hybridized carbons (Fsp3) is 0.561. The number of benzene rings is 4. The van der Waals surface area contributed by atoms with E-state index in [0.29, 0.717) is 33.5 Å². The van der Waals surface area contributed by atoms with Crippen LogP contribution in [0.1, 0.15) is 235 Å². The second-order valence-corrected chi connectivity index (χ2v) is 28.9. The maximum atomic E-state index is 14.7. The molecule has 410 valence electrons. The Labute approximate surface area is 452 Å². The van der Waals surface area contributed by atoms with Crippen molar-refractivity contribution < 1.29 is 27.0 Å². The first-order chi connectivity index (χ1) is 33.3. The topological polar surface area (TPSA) is 31.4 Å². The van der Waals surface area contributed by atoms with Gasteiger partial charge in [0.2, 0.25) is 5.88 Å². The number of rotatable bonds is 4. The summed E-state index contributed by atoms with van der Waals surface area (Å²) >= 11 is 6.23. The normalized spacial score (nSPS) is 13.7. The van der Waals surface area contributed by atoms with Gasteiger partial charge in [-0.05, 0) is 167 Å². The van der Waals surface area contributed by atoms with Gasteiger partial charge in [-0.2, -0.15) is 0 Å². The third-order valence-electron chi connectivity index (χ3n) is 13.3. The molecule has 5 aromatic rings. The van der Waals surface area contributed by atoms with Gasteiger partial charge >= 0.3 is 0 Å². The Morgan fingerprint density at radius 3 is 1.14 bits per heavy atom. The summed E-state index contributed by atoms with van der Waals surface area (Å²) in [6.07, 6.45) is 4.23. The molecule has 8 heteroatoms. The molecule has 1 aromatic heterocycles. The monoisotopic (exact) mass is 1040 g/mol. The Morgan fingerprint density at radius 1 is 0.405 bits per heavy atom. The highest BCUT2D eigenvalue weighted by atomic mass is 35.5. The minimum Gasteiger partial charge on any atom is -0.496 e.